The fraction of sp³-hybridized carbons (Fsp3) is 0.200. The Morgan fingerprint density at radius 3 is 1.83 bits per heavy atom. The molecule has 24 heavy (non-hydrogen) atoms. The number of carbonyl (C=O) groups excluding carboxylic acids is 1. The molecule has 0 radical (unpaired) electrons. The molecule has 124 valence electrons. The highest BCUT2D eigenvalue weighted by molar-refractivity contribution is 5.94. The first-order valence-corrected chi connectivity index (χ1v) is 7.77. The van der Waals surface area contributed by atoms with Gasteiger partial charge in [0.25, 0.3) is 0 Å². The number of amides is 1. The van der Waals surface area contributed by atoms with Gasteiger partial charge in [-0.05, 0) is 25.0 Å². The third kappa shape index (κ3) is 3.90. The summed E-state index contributed by atoms with van der Waals surface area (Å²) in [6, 6.07) is 19.7. The van der Waals surface area contributed by atoms with Crippen molar-refractivity contribution in [2.75, 3.05) is 0 Å². The van der Waals surface area contributed by atoms with Crippen molar-refractivity contribution in [1.82, 2.24) is 5.32 Å². The molecule has 0 bridgehead atoms. The van der Waals surface area contributed by atoms with Gasteiger partial charge in [-0.25, -0.2) is 4.79 Å². The number of nitrogens with one attached hydrogen (secondary N) is 1. The van der Waals surface area contributed by atoms with E-state index in [4.69, 9.17) is 5.11 Å². The average Bonchev–Trinajstić information content (AvgIpc) is 2.60. The van der Waals surface area contributed by atoms with Crippen molar-refractivity contribution in [1.29, 1.82) is 0 Å². The molecule has 2 N–H and O–H groups in total. The summed E-state index contributed by atoms with van der Waals surface area (Å²) in [4.78, 5) is 22.6. The first kappa shape index (κ1) is 17.5. The Labute approximate surface area is 141 Å². The number of carbonyl (C=O) groups is 2. The lowest BCUT2D eigenvalue weighted by atomic mass is 9.71. The molecule has 0 aliphatic heterocycles. The van der Waals surface area contributed by atoms with Crippen LogP contribution in [0.15, 0.2) is 72.8 Å². The fourth-order valence-electron chi connectivity index (χ4n) is 2.79. The van der Waals surface area contributed by atoms with Gasteiger partial charge in [0, 0.05) is 23.6 Å². The molecule has 0 aromatic heterocycles. The molecule has 2 aromatic rings. The lowest BCUT2D eigenvalue weighted by molar-refractivity contribution is -0.131. The van der Waals surface area contributed by atoms with E-state index in [9.17, 15) is 9.59 Å². The monoisotopic (exact) mass is 323 g/mol. The van der Waals surface area contributed by atoms with Crippen molar-refractivity contribution in [3.8, 4) is 0 Å². The lowest BCUT2D eigenvalue weighted by Crippen LogP contribution is -2.47. The number of benzene rings is 2. The maximum Gasteiger partial charge on any atom is 0.328 e. The zero-order valence-electron chi connectivity index (χ0n) is 13.8. The fourth-order valence-corrected chi connectivity index (χ4v) is 2.79. The van der Waals surface area contributed by atoms with Crippen molar-refractivity contribution in [2.45, 2.75) is 25.3 Å². The first-order valence-electron chi connectivity index (χ1n) is 7.77. The van der Waals surface area contributed by atoms with Gasteiger partial charge in [0.2, 0.25) is 5.91 Å². The van der Waals surface area contributed by atoms with E-state index in [2.05, 4.69) is 12.2 Å². The number of rotatable bonds is 6. The predicted octanol–water partition coefficient (Wildman–Crippen LogP) is 3.14. The van der Waals surface area contributed by atoms with E-state index in [1.807, 2.05) is 67.6 Å². The van der Waals surface area contributed by atoms with Gasteiger partial charge in [-0.3, -0.25) is 4.79 Å². The van der Waals surface area contributed by atoms with Gasteiger partial charge in [-0.2, -0.15) is 0 Å². The minimum atomic E-state index is -1.15. The zero-order valence-corrected chi connectivity index (χ0v) is 13.8. The summed E-state index contributed by atoms with van der Waals surface area (Å²) in [5.41, 5.74) is 1.70. The Kier molecular flexibility index (Phi) is 5.53. The molecule has 2 aromatic carbocycles. The second-order valence-corrected chi connectivity index (χ2v) is 5.84. The van der Waals surface area contributed by atoms with Crippen LogP contribution in [0.2, 0.25) is 0 Å². The summed E-state index contributed by atoms with van der Waals surface area (Å²) in [7, 11) is 0. The van der Waals surface area contributed by atoms with Crippen LogP contribution in [0.5, 0.6) is 0 Å². The van der Waals surface area contributed by atoms with Crippen molar-refractivity contribution in [3.63, 3.8) is 0 Å². The van der Waals surface area contributed by atoms with E-state index >= 15 is 0 Å². The highest BCUT2D eigenvalue weighted by atomic mass is 16.4. The molecule has 0 heterocycles. The van der Waals surface area contributed by atoms with Gasteiger partial charge in [0.1, 0.15) is 0 Å². The van der Waals surface area contributed by atoms with Crippen LogP contribution in [-0.4, -0.2) is 23.0 Å². The Bertz CT molecular complexity index is 684. The van der Waals surface area contributed by atoms with E-state index in [0.29, 0.717) is 0 Å². The van der Waals surface area contributed by atoms with Gasteiger partial charge >= 0.3 is 5.97 Å². The SMILES string of the molecule is C[C@H](NC(=O)/C=C\C(=O)O)C(C)(c1ccccc1)c1ccccc1. The average molecular weight is 323 g/mol. The minimum Gasteiger partial charge on any atom is -0.478 e. The van der Waals surface area contributed by atoms with E-state index < -0.39 is 17.3 Å². The molecule has 0 fully saturated rings. The number of hydrogen-bond donors (Lipinski definition) is 2. The maximum atomic E-state index is 12.0. The van der Waals surface area contributed by atoms with Crippen LogP contribution in [-0.2, 0) is 15.0 Å². The smallest absolute Gasteiger partial charge is 0.328 e. The summed E-state index contributed by atoms with van der Waals surface area (Å²) >= 11 is 0. The van der Waals surface area contributed by atoms with Crippen LogP contribution in [0.4, 0.5) is 0 Å². The first-order chi connectivity index (χ1) is 11.4. The van der Waals surface area contributed by atoms with Gasteiger partial charge in [-0.1, -0.05) is 60.7 Å². The number of aliphatic carboxylic acids is 1. The molecule has 0 saturated carbocycles. The Hall–Kier alpha value is -2.88. The predicted molar refractivity (Wildman–Crippen MR) is 93.7 cm³/mol. The van der Waals surface area contributed by atoms with Crippen LogP contribution in [0.25, 0.3) is 0 Å². The van der Waals surface area contributed by atoms with Gasteiger partial charge in [0.15, 0.2) is 0 Å². The summed E-state index contributed by atoms with van der Waals surface area (Å²) in [6.45, 7) is 4.00. The Balaban J connectivity index is 2.37. The molecule has 1 amide bonds. The molecule has 0 aliphatic rings. The largest absolute Gasteiger partial charge is 0.478 e. The highest BCUT2D eigenvalue weighted by Crippen LogP contribution is 2.35. The lowest BCUT2D eigenvalue weighted by Gasteiger charge is -2.37. The molecule has 2 rings (SSSR count). The standard InChI is InChI=1S/C20H21NO3/c1-15(21-18(22)13-14-19(23)24)20(2,16-9-5-3-6-10-16)17-11-7-4-8-12-17/h3-15H,1-2H3,(H,21,22)(H,23,24)/b14-13-/t15-/m0/s1. The molecule has 0 unspecified atom stereocenters. The number of hydrogen-bond acceptors (Lipinski definition) is 2. The van der Waals surface area contributed by atoms with Crippen LogP contribution in [0.3, 0.4) is 0 Å². The topological polar surface area (TPSA) is 66.4 Å². The maximum absolute atomic E-state index is 12.0. The van der Waals surface area contributed by atoms with Gasteiger partial charge in [0.05, 0.1) is 0 Å². The number of carboxylic acid groups (broad SMARTS) is 1. The van der Waals surface area contributed by atoms with E-state index in [0.717, 1.165) is 23.3 Å². The summed E-state index contributed by atoms with van der Waals surface area (Å²) in [5.74, 6) is -1.57. The Morgan fingerprint density at radius 1 is 0.958 bits per heavy atom. The summed E-state index contributed by atoms with van der Waals surface area (Å²) in [6.07, 6.45) is 1.87. The molecule has 0 aliphatic carbocycles. The van der Waals surface area contributed by atoms with E-state index in [1.165, 1.54) is 0 Å². The van der Waals surface area contributed by atoms with Crippen LogP contribution in [0.1, 0.15) is 25.0 Å². The van der Waals surface area contributed by atoms with Gasteiger partial charge in [-0.15, -0.1) is 0 Å². The minimum absolute atomic E-state index is 0.242. The third-order valence-electron chi connectivity index (χ3n) is 4.35. The second-order valence-electron chi connectivity index (χ2n) is 5.84. The number of carboxylic acids is 1. The van der Waals surface area contributed by atoms with Crippen molar-refractivity contribution in [2.24, 2.45) is 0 Å². The van der Waals surface area contributed by atoms with Crippen LogP contribution >= 0.6 is 0 Å². The van der Waals surface area contributed by atoms with Crippen LogP contribution < -0.4 is 5.32 Å². The van der Waals surface area contributed by atoms with Crippen molar-refractivity contribution >= 4 is 11.9 Å². The quantitative estimate of drug-likeness (QED) is 0.803. The second kappa shape index (κ2) is 7.59. The molecule has 4 heteroatoms. The van der Waals surface area contributed by atoms with Crippen molar-refractivity contribution in [3.05, 3.63) is 83.9 Å². The normalized spacial score (nSPS) is 12.8. The molecule has 0 saturated heterocycles. The molecule has 0 spiro atoms. The molecule has 1 atom stereocenters. The Morgan fingerprint density at radius 2 is 1.42 bits per heavy atom. The zero-order chi connectivity index (χ0) is 17.6. The molecular weight excluding hydrogens is 302 g/mol. The molecule has 4 nitrogen and oxygen atoms in total. The van der Waals surface area contributed by atoms with Gasteiger partial charge < -0.3 is 10.4 Å². The third-order valence-corrected chi connectivity index (χ3v) is 4.35. The van der Waals surface area contributed by atoms with Crippen molar-refractivity contribution < 1.29 is 14.7 Å². The van der Waals surface area contributed by atoms with Crippen LogP contribution in [0, 0.1) is 0 Å². The summed E-state index contributed by atoms with van der Waals surface area (Å²) in [5, 5.41) is 11.5. The van der Waals surface area contributed by atoms with E-state index in [1.54, 1.807) is 0 Å². The molecular formula is C20H21NO3. The highest BCUT2D eigenvalue weighted by Gasteiger charge is 2.35. The van der Waals surface area contributed by atoms with E-state index in [-0.39, 0.29) is 6.04 Å². The summed E-state index contributed by atoms with van der Waals surface area (Å²) < 4.78 is 0.